The maximum absolute atomic E-state index is 10.5. The smallest absolute Gasteiger partial charge is 0.191 e. The van der Waals surface area contributed by atoms with Gasteiger partial charge in [-0.3, -0.25) is 4.99 Å². The fourth-order valence-electron chi connectivity index (χ4n) is 3.24. The third-order valence-corrected chi connectivity index (χ3v) is 4.74. The van der Waals surface area contributed by atoms with Crippen LogP contribution in [-0.4, -0.2) is 36.3 Å². The Kier molecular flexibility index (Phi) is 6.93. The predicted molar refractivity (Wildman–Crippen MR) is 114 cm³/mol. The van der Waals surface area contributed by atoms with E-state index >= 15 is 0 Å². The SMILES string of the molecule is CCNC(=NCC(O)c1ccc(OC(C)C)cc1)NC1CC1c1ccccc1. The maximum Gasteiger partial charge on any atom is 0.191 e. The number of nitrogens with one attached hydrogen (secondary N) is 2. The molecule has 0 bridgehead atoms. The molecule has 3 rings (SSSR count). The van der Waals surface area contributed by atoms with Gasteiger partial charge in [-0.2, -0.15) is 0 Å². The fraction of sp³-hybridized carbons (Fsp3) is 0.435. The summed E-state index contributed by atoms with van der Waals surface area (Å²) >= 11 is 0. The molecule has 28 heavy (non-hydrogen) atoms. The summed E-state index contributed by atoms with van der Waals surface area (Å²) in [5, 5.41) is 17.2. The zero-order chi connectivity index (χ0) is 19.9. The standard InChI is InChI=1S/C23H31N3O2/c1-4-24-23(26-21-14-20(21)17-8-6-5-7-9-17)25-15-22(27)18-10-12-19(13-11-18)28-16(2)3/h5-13,16,20-22,27H,4,14-15H2,1-3H3,(H2,24,25,26). The number of aliphatic hydroxyl groups excluding tert-OH is 1. The second-order valence-corrected chi connectivity index (χ2v) is 7.47. The molecule has 3 N–H and O–H groups in total. The van der Waals surface area contributed by atoms with Gasteiger partial charge in [-0.05, 0) is 50.5 Å². The van der Waals surface area contributed by atoms with E-state index in [1.807, 2.05) is 51.1 Å². The molecule has 2 aromatic carbocycles. The van der Waals surface area contributed by atoms with Gasteiger partial charge in [0.1, 0.15) is 5.75 Å². The first-order valence-electron chi connectivity index (χ1n) is 10.1. The number of nitrogens with zero attached hydrogens (tertiary/aromatic N) is 1. The number of aliphatic hydroxyl groups is 1. The van der Waals surface area contributed by atoms with E-state index in [4.69, 9.17) is 4.74 Å². The van der Waals surface area contributed by atoms with E-state index in [1.54, 1.807) is 0 Å². The third kappa shape index (κ3) is 5.73. The molecule has 0 aliphatic heterocycles. The van der Waals surface area contributed by atoms with Gasteiger partial charge < -0.3 is 20.5 Å². The van der Waals surface area contributed by atoms with E-state index in [0.717, 1.165) is 30.2 Å². The topological polar surface area (TPSA) is 65.9 Å². The molecule has 0 aromatic heterocycles. The van der Waals surface area contributed by atoms with E-state index in [1.165, 1.54) is 5.56 Å². The Hall–Kier alpha value is -2.53. The second-order valence-electron chi connectivity index (χ2n) is 7.47. The number of hydrogen-bond acceptors (Lipinski definition) is 3. The molecular formula is C23H31N3O2. The molecule has 0 spiro atoms. The lowest BCUT2D eigenvalue weighted by atomic mass is 10.1. The van der Waals surface area contributed by atoms with Crippen LogP contribution >= 0.6 is 0 Å². The number of ether oxygens (including phenoxy) is 1. The van der Waals surface area contributed by atoms with E-state index in [9.17, 15) is 5.11 Å². The van der Waals surface area contributed by atoms with Crippen molar-refractivity contribution in [2.24, 2.45) is 4.99 Å². The Labute approximate surface area is 167 Å². The molecule has 3 atom stereocenters. The van der Waals surface area contributed by atoms with E-state index < -0.39 is 6.10 Å². The van der Waals surface area contributed by atoms with Crippen LogP contribution in [0.25, 0.3) is 0 Å². The normalized spacial score (nSPS) is 20.0. The van der Waals surface area contributed by atoms with Crippen LogP contribution in [0, 0.1) is 0 Å². The summed E-state index contributed by atoms with van der Waals surface area (Å²) in [5.41, 5.74) is 2.20. The van der Waals surface area contributed by atoms with Crippen LogP contribution in [0.3, 0.4) is 0 Å². The van der Waals surface area contributed by atoms with Crippen LogP contribution in [0.2, 0.25) is 0 Å². The molecular weight excluding hydrogens is 350 g/mol. The summed E-state index contributed by atoms with van der Waals surface area (Å²) < 4.78 is 5.65. The van der Waals surface area contributed by atoms with Crippen LogP contribution < -0.4 is 15.4 Å². The maximum atomic E-state index is 10.5. The highest BCUT2D eigenvalue weighted by Crippen LogP contribution is 2.40. The molecule has 150 valence electrons. The molecule has 0 amide bonds. The quantitative estimate of drug-likeness (QED) is 0.483. The average molecular weight is 382 g/mol. The van der Waals surface area contributed by atoms with Crippen LogP contribution in [0.5, 0.6) is 5.75 Å². The van der Waals surface area contributed by atoms with Gasteiger partial charge in [0.15, 0.2) is 5.96 Å². The molecule has 1 fully saturated rings. The highest BCUT2D eigenvalue weighted by molar-refractivity contribution is 5.80. The molecule has 0 saturated heterocycles. The van der Waals surface area contributed by atoms with Gasteiger partial charge in [-0.25, -0.2) is 0 Å². The average Bonchev–Trinajstić information content (AvgIpc) is 3.46. The van der Waals surface area contributed by atoms with Crippen LogP contribution in [0.1, 0.15) is 50.3 Å². The summed E-state index contributed by atoms with van der Waals surface area (Å²) in [4.78, 5) is 4.58. The first-order chi connectivity index (χ1) is 13.6. The van der Waals surface area contributed by atoms with Crippen molar-refractivity contribution in [1.29, 1.82) is 0 Å². The number of aliphatic imine (C=N–C) groups is 1. The zero-order valence-corrected chi connectivity index (χ0v) is 16.9. The summed E-state index contributed by atoms with van der Waals surface area (Å²) in [5.74, 6) is 2.10. The van der Waals surface area contributed by atoms with Crippen molar-refractivity contribution in [3.8, 4) is 5.75 Å². The molecule has 0 radical (unpaired) electrons. The van der Waals surface area contributed by atoms with Crippen molar-refractivity contribution < 1.29 is 9.84 Å². The lowest BCUT2D eigenvalue weighted by Crippen LogP contribution is -2.39. The molecule has 0 heterocycles. The van der Waals surface area contributed by atoms with Crippen LogP contribution in [0.15, 0.2) is 59.6 Å². The monoisotopic (exact) mass is 381 g/mol. The highest BCUT2D eigenvalue weighted by Gasteiger charge is 2.38. The van der Waals surface area contributed by atoms with Gasteiger partial charge in [0.05, 0.1) is 18.8 Å². The minimum atomic E-state index is -0.646. The Morgan fingerprint density at radius 2 is 1.86 bits per heavy atom. The summed E-state index contributed by atoms with van der Waals surface area (Å²) in [7, 11) is 0. The largest absolute Gasteiger partial charge is 0.491 e. The van der Waals surface area contributed by atoms with Gasteiger partial charge in [0.2, 0.25) is 0 Å². The molecule has 5 nitrogen and oxygen atoms in total. The lowest BCUT2D eigenvalue weighted by Gasteiger charge is -2.14. The van der Waals surface area contributed by atoms with Crippen molar-refractivity contribution >= 4 is 5.96 Å². The Morgan fingerprint density at radius 1 is 1.14 bits per heavy atom. The molecule has 5 heteroatoms. The third-order valence-electron chi connectivity index (χ3n) is 4.74. The van der Waals surface area contributed by atoms with Crippen LogP contribution in [-0.2, 0) is 0 Å². The first kappa shape index (κ1) is 20.2. The molecule has 1 aliphatic carbocycles. The number of benzene rings is 2. The predicted octanol–water partition coefficient (Wildman–Crippen LogP) is 3.62. The van der Waals surface area contributed by atoms with Gasteiger partial charge in [0, 0.05) is 18.5 Å². The number of hydrogen-bond donors (Lipinski definition) is 3. The Balaban J connectivity index is 1.55. The van der Waals surface area contributed by atoms with Crippen molar-refractivity contribution in [2.45, 2.75) is 51.4 Å². The van der Waals surface area contributed by atoms with Gasteiger partial charge in [0.25, 0.3) is 0 Å². The highest BCUT2D eigenvalue weighted by atomic mass is 16.5. The van der Waals surface area contributed by atoms with E-state index in [-0.39, 0.29) is 6.10 Å². The van der Waals surface area contributed by atoms with Crippen molar-refractivity contribution in [3.63, 3.8) is 0 Å². The summed E-state index contributed by atoms with van der Waals surface area (Å²) in [6.45, 7) is 7.13. The number of rotatable bonds is 8. The van der Waals surface area contributed by atoms with Gasteiger partial charge in [-0.1, -0.05) is 42.5 Å². The second kappa shape index (κ2) is 9.60. The lowest BCUT2D eigenvalue weighted by molar-refractivity contribution is 0.186. The fourth-order valence-corrected chi connectivity index (χ4v) is 3.24. The molecule has 3 unspecified atom stereocenters. The van der Waals surface area contributed by atoms with E-state index in [0.29, 0.717) is 18.5 Å². The number of guanidine groups is 1. The van der Waals surface area contributed by atoms with Gasteiger partial charge in [-0.15, -0.1) is 0 Å². The minimum Gasteiger partial charge on any atom is -0.491 e. The molecule has 1 saturated carbocycles. The van der Waals surface area contributed by atoms with Crippen LogP contribution in [0.4, 0.5) is 0 Å². The minimum absolute atomic E-state index is 0.135. The zero-order valence-electron chi connectivity index (χ0n) is 16.9. The van der Waals surface area contributed by atoms with Gasteiger partial charge >= 0.3 is 0 Å². The van der Waals surface area contributed by atoms with Crippen molar-refractivity contribution in [2.75, 3.05) is 13.1 Å². The Morgan fingerprint density at radius 3 is 2.50 bits per heavy atom. The van der Waals surface area contributed by atoms with E-state index in [2.05, 4.69) is 39.9 Å². The summed E-state index contributed by atoms with van der Waals surface area (Å²) in [6, 6.07) is 18.5. The first-order valence-corrected chi connectivity index (χ1v) is 10.1. The Bertz CT molecular complexity index is 759. The molecule has 2 aromatic rings. The summed E-state index contributed by atoms with van der Waals surface area (Å²) in [6.07, 6.45) is 0.595. The van der Waals surface area contributed by atoms with Crippen molar-refractivity contribution in [1.82, 2.24) is 10.6 Å². The van der Waals surface area contributed by atoms with Crippen molar-refractivity contribution in [3.05, 3.63) is 65.7 Å². The molecule has 1 aliphatic rings.